The van der Waals surface area contributed by atoms with Gasteiger partial charge in [-0.25, -0.2) is 0 Å². The van der Waals surface area contributed by atoms with E-state index in [9.17, 15) is 0 Å². The van der Waals surface area contributed by atoms with Gasteiger partial charge in [-0.15, -0.1) is 0 Å². The van der Waals surface area contributed by atoms with Gasteiger partial charge in [-0.3, -0.25) is 0 Å². The molecule has 0 radical (unpaired) electrons. The van der Waals surface area contributed by atoms with Crippen LogP contribution in [0.1, 0.15) is 0 Å². The van der Waals surface area contributed by atoms with Crippen LogP contribution < -0.4 is 4.90 Å². The Bertz CT molecular complexity index is 2900. The van der Waals surface area contributed by atoms with E-state index in [-0.39, 0.29) is 0 Å². The SMILES string of the molecule is c1ccc(-c2ccc(N(c3cc(-c4ccccc4)cc(-c4ccccc4)c3)c3ccc4c(-c5ccccc5)c(-c5ccccc5)c5ccccc5c4c3)cc2)cc1. The van der Waals surface area contributed by atoms with Gasteiger partial charge < -0.3 is 4.90 Å². The predicted octanol–water partition coefficient (Wildman–Crippen LogP) is 15.8. The average Bonchev–Trinajstić information content (AvgIpc) is 3.30. The molecular formula is C56H39N. The van der Waals surface area contributed by atoms with Gasteiger partial charge >= 0.3 is 0 Å². The van der Waals surface area contributed by atoms with E-state index in [1.165, 1.54) is 77.2 Å². The molecule has 1 heteroatoms. The topological polar surface area (TPSA) is 3.24 Å². The van der Waals surface area contributed by atoms with Crippen LogP contribution >= 0.6 is 0 Å². The van der Waals surface area contributed by atoms with Crippen LogP contribution in [0, 0.1) is 0 Å². The number of nitrogens with zero attached hydrogens (tertiary/aromatic N) is 1. The zero-order valence-electron chi connectivity index (χ0n) is 31.5. The lowest BCUT2D eigenvalue weighted by Gasteiger charge is -2.28. The summed E-state index contributed by atoms with van der Waals surface area (Å²) in [5.74, 6) is 0. The maximum atomic E-state index is 2.43. The molecule has 0 fully saturated rings. The number of hydrogen-bond acceptors (Lipinski definition) is 1. The predicted molar refractivity (Wildman–Crippen MR) is 243 cm³/mol. The Morgan fingerprint density at radius 2 is 0.561 bits per heavy atom. The van der Waals surface area contributed by atoms with Gasteiger partial charge in [-0.2, -0.15) is 0 Å². The molecule has 0 N–H and O–H groups in total. The van der Waals surface area contributed by atoms with Crippen molar-refractivity contribution in [2.45, 2.75) is 0 Å². The normalized spacial score (nSPS) is 11.2. The second-order valence-electron chi connectivity index (χ2n) is 14.5. The zero-order valence-corrected chi connectivity index (χ0v) is 31.5. The summed E-state index contributed by atoms with van der Waals surface area (Å²) in [6.07, 6.45) is 0. The number of hydrogen-bond donors (Lipinski definition) is 0. The van der Waals surface area contributed by atoms with Crippen molar-refractivity contribution in [3.05, 3.63) is 237 Å². The standard InChI is InChI=1S/C56H39N/c1-6-18-40(19-7-1)43-30-32-48(33-31-43)57(50-37-46(41-20-8-2-9-21-41)36-47(38-50)42-22-10-3-11-23-42)49-34-35-53-54(39-49)51-28-16-17-29-52(51)55(44-24-12-4-13-25-44)56(53)45-26-14-5-15-27-45/h1-39H. The third kappa shape index (κ3) is 6.56. The van der Waals surface area contributed by atoms with Crippen LogP contribution in [0.4, 0.5) is 17.1 Å². The molecule has 10 rings (SSSR count). The molecule has 0 amide bonds. The molecule has 10 aromatic rings. The first-order chi connectivity index (χ1) is 28.3. The Kier molecular flexibility index (Phi) is 8.95. The molecule has 10 aromatic carbocycles. The lowest BCUT2D eigenvalue weighted by Crippen LogP contribution is -2.10. The molecule has 0 aliphatic carbocycles. The average molecular weight is 726 g/mol. The first-order valence-electron chi connectivity index (χ1n) is 19.6. The van der Waals surface area contributed by atoms with E-state index in [4.69, 9.17) is 0 Å². The van der Waals surface area contributed by atoms with Gasteiger partial charge in [0.15, 0.2) is 0 Å². The molecule has 0 heterocycles. The minimum Gasteiger partial charge on any atom is -0.310 e. The molecule has 0 atom stereocenters. The minimum atomic E-state index is 1.09. The molecule has 0 aromatic heterocycles. The molecule has 0 saturated carbocycles. The Balaban J connectivity index is 1.25. The van der Waals surface area contributed by atoms with Gasteiger partial charge in [-0.1, -0.05) is 194 Å². The maximum Gasteiger partial charge on any atom is 0.0473 e. The number of rotatable bonds is 8. The molecule has 0 aliphatic rings. The highest BCUT2D eigenvalue weighted by Gasteiger charge is 2.21. The van der Waals surface area contributed by atoms with Crippen molar-refractivity contribution < 1.29 is 0 Å². The van der Waals surface area contributed by atoms with Crippen LogP contribution in [-0.2, 0) is 0 Å². The van der Waals surface area contributed by atoms with Crippen LogP contribution in [0.25, 0.3) is 77.2 Å². The van der Waals surface area contributed by atoms with Gasteiger partial charge in [0, 0.05) is 17.1 Å². The fourth-order valence-electron chi connectivity index (χ4n) is 8.34. The maximum absolute atomic E-state index is 2.43. The molecule has 0 spiro atoms. The Morgan fingerprint density at radius 1 is 0.193 bits per heavy atom. The summed E-state index contributed by atoms with van der Waals surface area (Å²) in [5, 5.41) is 4.92. The molecule has 57 heavy (non-hydrogen) atoms. The van der Waals surface area contributed by atoms with Gasteiger partial charge in [-0.05, 0) is 120 Å². The van der Waals surface area contributed by atoms with Crippen molar-refractivity contribution in [2.75, 3.05) is 4.90 Å². The van der Waals surface area contributed by atoms with Crippen LogP contribution in [0.5, 0.6) is 0 Å². The van der Waals surface area contributed by atoms with Crippen LogP contribution in [0.15, 0.2) is 237 Å². The minimum absolute atomic E-state index is 1.09. The summed E-state index contributed by atoms with van der Waals surface area (Å²) >= 11 is 0. The Morgan fingerprint density at radius 3 is 1.05 bits per heavy atom. The first kappa shape index (κ1) is 34.0. The summed E-state index contributed by atoms with van der Waals surface area (Å²) in [7, 11) is 0. The van der Waals surface area contributed by atoms with Crippen molar-refractivity contribution in [3.63, 3.8) is 0 Å². The Labute approximate surface area is 334 Å². The second kappa shape index (κ2) is 15.0. The summed E-state index contributed by atoms with van der Waals surface area (Å²) < 4.78 is 0. The quantitative estimate of drug-likeness (QED) is 0.141. The summed E-state index contributed by atoms with van der Waals surface area (Å²) in [6.45, 7) is 0. The van der Waals surface area contributed by atoms with Crippen molar-refractivity contribution in [1.82, 2.24) is 0 Å². The summed E-state index contributed by atoms with van der Waals surface area (Å²) in [4.78, 5) is 2.43. The van der Waals surface area contributed by atoms with E-state index in [0.717, 1.165) is 17.1 Å². The third-order valence-electron chi connectivity index (χ3n) is 11.0. The lowest BCUT2D eigenvalue weighted by molar-refractivity contribution is 1.29. The lowest BCUT2D eigenvalue weighted by atomic mass is 9.85. The second-order valence-corrected chi connectivity index (χ2v) is 14.5. The van der Waals surface area contributed by atoms with Crippen molar-refractivity contribution in [2.24, 2.45) is 0 Å². The first-order valence-corrected chi connectivity index (χ1v) is 19.6. The van der Waals surface area contributed by atoms with Gasteiger partial charge in [0.05, 0.1) is 0 Å². The van der Waals surface area contributed by atoms with E-state index in [2.05, 4.69) is 241 Å². The van der Waals surface area contributed by atoms with Gasteiger partial charge in [0.1, 0.15) is 0 Å². The monoisotopic (exact) mass is 725 g/mol. The Hall–Kier alpha value is -7.48. The highest BCUT2D eigenvalue weighted by Crippen LogP contribution is 2.47. The van der Waals surface area contributed by atoms with Crippen molar-refractivity contribution in [1.29, 1.82) is 0 Å². The van der Waals surface area contributed by atoms with E-state index < -0.39 is 0 Å². The highest BCUT2D eigenvalue weighted by atomic mass is 15.1. The van der Waals surface area contributed by atoms with Crippen LogP contribution in [-0.4, -0.2) is 0 Å². The molecule has 268 valence electrons. The molecule has 0 aliphatic heterocycles. The zero-order chi connectivity index (χ0) is 38.0. The molecule has 0 bridgehead atoms. The van der Waals surface area contributed by atoms with Gasteiger partial charge in [0.2, 0.25) is 0 Å². The number of fused-ring (bicyclic) bond motifs is 3. The van der Waals surface area contributed by atoms with Gasteiger partial charge in [0.25, 0.3) is 0 Å². The molecule has 0 unspecified atom stereocenters. The third-order valence-corrected chi connectivity index (χ3v) is 11.0. The van der Waals surface area contributed by atoms with E-state index in [0.29, 0.717) is 0 Å². The summed E-state index contributed by atoms with van der Waals surface area (Å²) in [5.41, 5.74) is 15.3. The van der Waals surface area contributed by atoms with Crippen molar-refractivity contribution >= 4 is 38.6 Å². The molecular weight excluding hydrogens is 687 g/mol. The highest BCUT2D eigenvalue weighted by molar-refractivity contribution is 6.22. The molecule has 0 saturated heterocycles. The van der Waals surface area contributed by atoms with Crippen molar-refractivity contribution in [3.8, 4) is 55.6 Å². The number of benzene rings is 10. The van der Waals surface area contributed by atoms with Crippen LogP contribution in [0.3, 0.4) is 0 Å². The fourth-order valence-corrected chi connectivity index (χ4v) is 8.34. The van der Waals surface area contributed by atoms with E-state index in [1.807, 2.05) is 0 Å². The van der Waals surface area contributed by atoms with E-state index in [1.54, 1.807) is 0 Å². The van der Waals surface area contributed by atoms with Crippen LogP contribution in [0.2, 0.25) is 0 Å². The molecule has 1 nitrogen and oxygen atoms in total. The van der Waals surface area contributed by atoms with E-state index >= 15 is 0 Å². The number of anilines is 3. The fraction of sp³-hybridized carbons (Fsp3) is 0. The summed E-state index contributed by atoms with van der Waals surface area (Å²) in [6, 6.07) is 85.7. The smallest absolute Gasteiger partial charge is 0.0473 e. The largest absolute Gasteiger partial charge is 0.310 e.